The van der Waals surface area contributed by atoms with Crippen LogP contribution in [0.15, 0.2) is 6.07 Å². The zero-order chi connectivity index (χ0) is 17.8. The van der Waals surface area contributed by atoms with Gasteiger partial charge in [-0.2, -0.15) is 5.10 Å². The fraction of sp³-hybridized carbons (Fsp3) is 0.688. The van der Waals surface area contributed by atoms with Gasteiger partial charge in [0.1, 0.15) is 19.0 Å². The van der Waals surface area contributed by atoms with Gasteiger partial charge in [-0.05, 0) is 13.8 Å². The Morgan fingerprint density at radius 2 is 2.00 bits per heavy atom. The molecule has 7 nitrogen and oxygen atoms in total. The van der Waals surface area contributed by atoms with E-state index >= 15 is 0 Å². The van der Waals surface area contributed by atoms with Crippen molar-refractivity contribution in [2.24, 2.45) is 7.05 Å². The van der Waals surface area contributed by atoms with Crippen molar-refractivity contribution in [3.8, 4) is 0 Å². The van der Waals surface area contributed by atoms with Crippen molar-refractivity contribution in [2.45, 2.75) is 46.1 Å². The normalized spacial score (nSPS) is 11.7. The van der Waals surface area contributed by atoms with Crippen LogP contribution in [-0.2, 0) is 26.8 Å². The molecule has 7 heteroatoms. The molecule has 1 heterocycles. The van der Waals surface area contributed by atoms with E-state index in [1.54, 1.807) is 11.7 Å². The van der Waals surface area contributed by atoms with Crippen molar-refractivity contribution >= 4 is 17.6 Å². The molecule has 1 aromatic heterocycles. The van der Waals surface area contributed by atoms with Gasteiger partial charge in [-0.1, -0.05) is 20.8 Å². The highest BCUT2D eigenvalue weighted by atomic mass is 16.5. The Balaban J connectivity index is 2.79. The van der Waals surface area contributed by atoms with Crippen molar-refractivity contribution in [1.82, 2.24) is 14.7 Å². The summed E-state index contributed by atoms with van der Waals surface area (Å²) < 4.78 is 6.49. The van der Waals surface area contributed by atoms with Gasteiger partial charge in [0.25, 0.3) is 0 Å². The fourth-order valence-corrected chi connectivity index (χ4v) is 2.05. The lowest BCUT2D eigenvalue weighted by Crippen LogP contribution is -2.44. The molecule has 0 aliphatic carbocycles. The lowest BCUT2D eigenvalue weighted by atomic mass is 9.92. The average Bonchev–Trinajstić information content (AvgIpc) is 2.77. The molecule has 0 radical (unpaired) electrons. The molecule has 0 saturated carbocycles. The number of hydrogen-bond acceptors (Lipinski definition) is 4. The van der Waals surface area contributed by atoms with Crippen LogP contribution in [0.25, 0.3) is 0 Å². The summed E-state index contributed by atoms with van der Waals surface area (Å²) in [6, 6.07) is 1.77. The van der Waals surface area contributed by atoms with E-state index in [0.717, 1.165) is 5.69 Å². The molecule has 0 saturated heterocycles. The van der Waals surface area contributed by atoms with Crippen LogP contribution >= 0.6 is 0 Å². The van der Waals surface area contributed by atoms with Gasteiger partial charge in [0.05, 0.1) is 5.69 Å². The molecule has 1 aromatic rings. The number of aryl methyl sites for hydroxylation is 1. The second kappa shape index (κ2) is 7.59. The molecule has 0 aromatic carbocycles. The molecule has 130 valence electrons. The van der Waals surface area contributed by atoms with E-state index in [-0.39, 0.29) is 36.4 Å². The van der Waals surface area contributed by atoms with Gasteiger partial charge in [-0.25, -0.2) is 0 Å². The number of nitrogens with one attached hydrogen (secondary N) is 1. The second-order valence-corrected chi connectivity index (χ2v) is 6.89. The number of carbonyl (C=O) groups is 2. The number of amides is 2. The molecular weight excluding hydrogens is 296 g/mol. The predicted octanol–water partition coefficient (Wildman–Crippen LogP) is 1.54. The standard InChI is InChI=1S/C16H28N4O3/c1-11(2)20(15(22)10-23-7)9-14(21)17-13-8-12(16(3,4)5)18-19(13)6/h8,11H,9-10H2,1-7H3,(H,17,21). The van der Waals surface area contributed by atoms with Crippen LogP contribution < -0.4 is 5.32 Å². The summed E-state index contributed by atoms with van der Waals surface area (Å²) >= 11 is 0. The van der Waals surface area contributed by atoms with E-state index in [1.165, 1.54) is 12.0 Å². The van der Waals surface area contributed by atoms with Crippen molar-refractivity contribution in [3.05, 3.63) is 11.8 Å². The van der Waals surface area contributed by atoms with Gasteiger partial charge in [0.15, 0.2) is 0 Å². The van der Waals surface area contributed by atoms with Crippen molar-refractivity contribution in [1.29, 1.82) is 0 Å². The van der Waals surface area contributed by atoms with Gasteiger partial charge >= 0.3 is 0 Å². The smallest absolute Gasteiger partial charge is 0.249 e. The maximum atomic E-state index is 12.3. The Labute approximate surface area is 138 Å². The quantitative estimate of drug-likeness (QED) is 0.861. The Morgan fingerprint density at radius 1 is 1.39 bits per heavy atom. The minimum Gasteiger partial charge on any atom is -0.375 e. The first-order chi connectivity index (χ1) is 10.6. The second-order valence-electron chi connectivity index (χ2n) is 6.89. The van der Waals surface area contributed by atoms with Gasteiger partial charge in [-0.15, -0.1) is 0 Å². The number of carbonyl (C=O) groups excluding carboxylic acids is 2. The number of hydrogen-bond donors (Lipinski definition) is 1. The van der Waals surface area contributed by atoms with Gasteiger partial charge in [0.2, 0.25) is 11.8 Å². The summed E-state index contributed by atoms with van der Waals surface area (Å²) in [5.41, 5.74) is 0.797. The number of anilines is 1. The first kappa shape index (κ1) is 19.2. The average molecular weight is 324 g/mol. The van der Waals surface area contributed by atoms with E-state index in [1.807, 2.05) is 19.9 Å². The largest absolute Gasteiger partial charge is 0.375 e. The maximum Gasteiger partial charge on any atom is 0.249 e. The van der Waals surface area contributed by atoms with Gasteiger partial charge < -0.3 is 15.0 Å². The first-order valence-electron chi connectivity index (χ1n) is 7.69. The Kier molecular flexibility index (Phi) is 6.32. The third-order valence-corrected chi connectivity index (χ3v) is 3.44. The number of rotatable bonds is 6. The summed E-state index contributed by atoms with van der Waals surface area (Å²) in [5, 5.41) is 7.23. The molecule has 1 N–H and O–H groups in total. The van der Waals surface area contributed by atoms with E-state index in [2.05, 4.69) is 31.2 Å². The number of nitrogens with zero attached hydrogens (tertiary/aromatic N) is 3. The molecule has 23 heavy (non-hydrogen) atoms. The summed E-state index contributed by atoms with van der Waals surface area (Å²) in [5.74, 6) is 0.146. The minimum atomic E-state index is -0.258. The third kappa shape index (κ3) is 5.35. The Hall–Kier alpha value is -1.89. The summed E-state index contributed by atoms with van der Waals surface area (Å²) in [6.07, 6.45) is 0. The van der Waals surface area contributed by atoms with E-state index in [9.17, 15) is 9.59 Å². The number of aromatic nitrogens is 2. The van der Waals surface area contributed by atoms with Crippen LogP contribution in [0.4, 0.5) is 5.82 Å². The predicted molar refractivity (Wildman–Crippen MR) is 89.3 cm³/mol. The number of methoxy groups -OCH3 is 1. The van der Waals surface area contributed by atoms with Crippen LogP contribution in [-0.4, -0.2) is 52.8 Å². The van der Waals surface area contributed by atoms with Gasteiger partial charge in [-0.3, -0.25) is 14.3 Å². The molecule has 2 amide bonds. The maximum absolute atomic E-state index is 12.3. The first-order valence-corrected chi connectivity index (χ1v) is 7.69. The van der Waals surface area contributed by atoms with Crippen molar-refractivity contribution in [3.63, 3.8) is 0 Å². The minimum absolute atomic E-state index is 0.0180. The molecular formula is C16H28N4O3. The molecule has 0 fully saturated rings. The summed E-state index contributed by atoms with van der Waals surface area (Å²) in [7, 11) is 3.24. The SMILES string of the molecule is COCC(=O)N(CC(=O)Nc1cc(C(C)(C)C)nn1C)C(C)C. The highest BCUT2D eigenvalue weighted by molar-refractivity contribution is 5.94. The van der Waals surface area contributed by atoms with Crippen LogP contribution in [0, 0.1) is 0 Å². The van der Waals surface area contributed by atoms with E-state index in [0.29, 0.717) is 5.82 Å². The van der Waals surface area contributed by atoms with Crippen LogP contribution in [0.3, 0.4) is 0 Å². The zero-order valence-corrected chi connectivity index (χ0v) is 15.1. The van der Waals surface area contributed by atoms with Crippen LogP contribution in [0.1, 0.15) is 40.3 Å². The molecule has 0 bridgehead atoms. The summed E-state index contributed by atoms with van der Waals surface area (Å²) in [4.78, 5) is 25.7. The molecule has 0 spiro atoms. The monoisotopic (exact) mass is 324 g/mol. The summed E-state index contributed by atoms with van der Waals surface area (Å²) in [6.45, 7) is 9.85. The van der Waals surface area contributed by atoms with Gasteiger partial charge in [0, 0.05) is 31.7 Å². The molecule has 0 atom stereocenters. The topological polar surface area (TPSA) is 76.5 Å². The lowest BCUT2D eigenvalue weighted by Gasteiger charge is -2.25. The van der Waals surface area contributed by atoms with Crippen molar-refractivity contribution < 1.29 is 14.3 Å². The highest BCUT2D eigenvalue weighted by Gasteiger charge is 2.22. The molecule has 0 unspecified atom stereocenters. The Morgan fingerprint density at radius 3 is 2.43 bits per heavy atom. The fourth-order valence-electron chi connectivity index (χ4n) is 2.05. The van der Waals surface area contributed by atoms with E-state index in [4.69, 9.17) is 4.74 Å². The van der Waals surface area contributed by atoms with Crippen molar-refractivity contribution in [2.75, 3.05) is 25.6 Å². The molecule has 0 aliphatic heterocycles. The molecule has 0 aliphatic rings. The third-order valence-electron chi connectivity index (χ3n) is 3.44. The number of ether oxygens (including phenoxy) is 1. The highest BCUT2D eigenvalue weighted by Crippen LogP contribution is 2.23. The lowest BCUT2D eigenvalue weighted by molar-refractivity contribution is -0.139. The zero-order valence-electron chi connectivity index (χ0n) is 15.1. The van der Waals surface area contributed by atoms with E-state index < -0.39 is 0 Å². The Bertz CT molecular complexity index is 558. The van der Waals surface area contributed by atoms with Crippen LogP contribution in [0.5, 0.6) is 0 Å². The van der Waals surface area contributed by atoms with Crippen LogP contribution in [0.2, 0.25) is 0 Å². The molecule has 1 rings (SSSR count).